The van der Waals surface area contributed by atoms with Gasteiger partial charge in [-0.3, -0.25) is 16.0 Å². The molecule has 0 aliphatic carbocycles. The number of benzene rings is 1. The van der Waals surface area contributed by atoms with Crippen LogP contribution in [0.1, 0.15) is 24.4 Å². The Bertz CT molecular complexity index is 557. The van der Waals surface area contributed by atoms with Crippen LogP contribution in [0.2, 0.25) is 0 Å². The van der Waals surface area contributed by atoms with Crippen LogP contribution in [-0.2, 0) is 13.0 Å². The summed E-state index contributed by atoms with van der Waals surface area (Å²) in [4.78, 5) is 4.29. The lowest BCUT2D eigenvalue weighted by molar-refractivity contribution is 0.508. The molecular weight excluding hydrogens is 421 g/mol. The molecule has 102 valence electrons. The van der Waals surface area contributed by atoms with Gasteiger partial charge in [0, 0.05) is 21.0 Å². The number of halogens is 2. The second-order valence-electron chi connectivity index (χ2n) is 4.08. The molecule has 0 radical (unpaired) electrons. The van der Waals surface area contributed by atoms with Crippen molar-refractivity contribution in [1.29, 1.82) is 0 Å². The maximum Gasteiger partial charge on any atom is 0.138 e. The molecule has 0 amide bonds. The lowest BCUT2D eigenvalue weighted by atomic mass is 10.0. The van der Waals surface area contributed by atoms with Crippen molar-refractivity contribution in [3.05, 3.63) is 44.0 Å². The first-order valence-corrected chi connectivity index (χ1v) is 7.80. The second kappa shape index (κ2) is 6.78. The smallest absolute Gasteiger partial charge is 0.138 e. The van der Waals surface area contributed by atoms with Crippen LogP contribution >= 0.6 is 38.5 Å². The van der Waals surface area contributed by atoms with Crippen LogP contribution in [-0.4, -0.2) is 14.8 Å². The SMILES string of the molecule is CCn1ncnc1CC(NN)c1cc(Br)ccc1I. The lowest BCUT2D eigenvalue weighted by Crippen LogP contribution is -2.31. The Kier molecular flexibility index (Phi) is 5.31. The van der Waals surface area contributed by atoms with Crippen molar-refractivity contribution in [1.82, 2.24) is 20.2 Å². The third-order valence-electron chi connectivity index (χ3n) is 2.92. The van der Waals surface area contributed by atoms with E-state index in [1.165, 1.54) is 3.57 Å². The summed E-state index contributed by atoms with van der Waals surface area (Å²) in [5, 5.41) is 4.18. The van der Waals surface area contributed by atoms with Gasteiger partial charge in [0.15, 0.2) is 0 Å². The first kappa shape index (κ1) is 14.9. The average molecular weight is 436 g/mol. The Balaban J connectivity index is 2.27. The molecule has 0 fully saturated rings. The fourth-order valence-electron chi connectivity index (χ4n) is 1.93. The van der Waals surface area contributed by atoms with Crippen LogP contribution in [0.25, 0.3) is 0 Å². The van der Waals surface area contributed by atoms with Crippen LogP contribution in [0.4, 0.5) is 0 Å². The van der Waals surface area contributed by atoms with Crippen LogP contribution in [0.5, 0.6) is 0 Å². The third-order valence-corrected chi connectivity index (χ3v) is 4.39. The normalized spacial score (nSPS) is 12.6. The molecule has 5 nitrogen and oxygen atoms in total. The van der Waals surface area contributed by atoms with Gasteiger partial charge in [-0.1, -0.05) is 15.9 Å². The van der Waals surface area contributed by atoms with E-state index in [-0.39, 0.29) is 6.04 Å². The fourth-order valence-corrected chi connectivity index (χ4v) is 3.02. The number of hydrogen-bond donors (Lipinski definition) is 2. The highest BCUT2D eigenvalue weighted by atomic mass is 127. The van der Waals surface area contributed by atoms with Gasteiger partial charge in [-0.25, -0.2) is 4.98 Å². The number of hydrogen-bond acceptors (Lipinski definition) is 4. The van der Waals surface area contributed by atoms with Crippen molar-refractivity contribution < 1.29 is 0 Å². The highest BCUT2D eigenvalue weighted by Gasteiger charge is 2.17. The maximum atomic E-state index is 5.71. The number of hydrazine groups is 1. The second-order valence-corrected chi connectivity index (χ2v) is 6.16. The lowest BCUT2D eigenvalue weighted by Gasteiger charge is -2.18. The van der Waals surface area contributed by atoms with E-state index in [0.29, 0.717) is 6.42 Å². The Morgan fingerprint density at radius 3 is 3.00 bits per heavy atom. The largest absolute Gasteiger partial charge is 0.271 e. The summed E-state index contributed by atoms with van der Waals surface area (Å²) in [6.45, 7) is 2.86. The van der Waals surface area contributed by atoms with Gasteiger partial charge in [0.2, 0.25) is 0 Å². The molecule has 3 N–H and O–H groups in total. The minimum Gasteiger partial charge on any atom is -0.271 e. The summed E-state index contributed by atoms with van der Waals surface area (Å²) in [6, 6.07) is 6.18. The first-order valence-electron chi connectivity index (χ1n) is 5.93. The number of nitrogens with one attached hydrogen (secondary N) is 1. The summed E-state index contributed by atoms with van der Waals surface area (Å²) in [6.07, 6.45) is 2.29. The van der Waals surface area contributed by atoms with E-state index >= 15 is 0 Å². The van der Waals surface area contributed by atoms with Gasteiger partial charge in [-0.05, 0) is 53.3 Å². The van der Waals surface area contributed by atoms with E-state index in [0.717, 1.165) is 22.4 Å². The van der Waals surface area contributed by atoms with Crippen molar-refractivity contribution in [2.75, 3.05) is 0 Å². The van der Waals surface area contributed by atoms with E-state index in [9.17, 15) is 0 Å². The van der Waals surface area contributed by atoms with Gasteiger partial charge < -0.3 is 0 Å². The third kappa shape index (κ3) is 3.53. The molecule has 2 rings (SSSR count). The molecule has 19 heavy (non-hydrogen) atoms. The van der Waals surface area contributed by atoms with E-state index < -0.39 is 0 Å². The van der Waals surface area contributed by atoms with Crippen LogP contribution in [0.3, 0.4) is 0 Å². The average Bonchev–Trinajstić information content (AvgIpc) is 2.86. The predicted molar refractivity (Wildman–Crippen MR) is 86.3 cm³/mol. The molecule has 7 heteroatoms. The summed E-state index contributed by atoms with van der Waals surface area (Å²) in [7, 11) is 0. The number of rotatable bonds is 5. The summed E-state index contributed by atoms with van der Waals surface area (Å²) in [5.74, 6) is 6.64. The molecule has 1 atom stereocenters. The minimum absolute atomic E-state index is 0.0129. The van der Waals surface area contributed by atoms with Gasteiger partial charge in [0.1, 0.15) is 12.2 Å². The van der Waals surface area contributed by atoms with Gasteiger partial charge in [0.25, 0.3) is 0 Å². The summed E-state index contributed by atoms with van der Waals surface area (Å²) < 4.78 is 4.10. The van der Waals surface area contributed by atoms with Gasteiger partial charge >= 0.3 is 0 Å². The van der Waals surface area contributed by atoms with E-state index in [4.69, 9.17) is 5.84 Å². The molecule has 1 heterocycles. The van der Waals surface area contributed by atoms with Gasteiger partial charge in [-0.15, -0.1) is 0 Å². The number of nitrogens with zero attached hydrogens (tertiary/aromatic N) is 3. The quantitative estimate of drug-likeness (QED) is 0.430. The zero-order chi connectivity index (χ0) is 13.8. The van der Waals surface area contributed by atoms with Gasteiger partial charge in [-0.2, -0.15) is 5.10 Å². The Hall–Kier alpha value is -0.510. The highest BCUT2D eigenvalue weighted by molar-refractivity contribution is 14.1. The van der Waals surface area contributed by atoms with Crippen LogP contribution in [0, 0.1) is 3.57 Å². The molecule has 1 aromatic carbocycles. The monoisotopic (exact) mass is 435 g/mol. The molecule has 0 bridgehead atoms. The van der Waals surface area contributed by atoms with Crippen molar-refractivity contribution in [3.8, 4) is 0 Å². The Labute approximate surface area is 134 Å². The Morgan fingerprint density at radius 1 is 1.53 bits per heavy atom. The van der Waals surface area contributed by atoms with Crippen molar-refractivity contribution in [2.45, 2.75) is 25.9 Å². The van der Waals surface area contributed by atoms with Crippen molar-refractivity contribution >= 4 is 38.5 Å². The molecule has 0 saturated heterocycles. The molecule has 2 aromatic rings. The molecule has 0 aliphatic heterocycles. The van der Waals surface area contributed by atoms with Crippen molar-refractivity contribution in [3.63, 3.8) is 0 Å². The number of nitrogens with two attached hydrogens (primary N) is 1. The highest BCUT2D eigenvalue weighted by Crippen LogP contribution is 2.25. The zero-order valence-corrected chi connectivity index (χ0v) is 14.2. The van der Waals surface area contributed by atoms with E-state index in [1.807, 2.05) is 17.7 Å². The fraction of sp³-hybridized carbons (Fsp3) is 0.333. The molecule has 1 aromatic heterocycles. The molecular formula is C12H15BrIN5. The van der Waals surface area contributed by atoms with E-state index in [2.05, 4.69) is 66.2 Å². The molecule has 1 unspecified atom stereocenters. The van der Waals surface area contributed by atoms with Crippen molar-refractivity contribution in [2.24, 2.45) is 5.84 Å². The van der Waals surface area contributed by atoms with Gasteiger partial charge in [0.05, 0.1) is 6.04 Å². The summed E-state index contributed by atoms with van der Waals surface area (Å²) in [5.41, 5.74) is 4.02. The number of aromatic nitrogens is 3. The zero-order valence-electron chi connectivity index (χ0n) is 10.5. The number of aryl methyl sites for hydroxylation is 1. The summed E-state index contributed by atoms with van der Waals surface area (Å²) >= 11 is 5.81. The standard InChI is InChI=1S/C12H15BrIN5/c1-2-19-12(16-7-17-19)6-11(18-15)9-5-8(13)3-4-10(9)14/h3-5,7,11,18H,2,6,15H2,1H3. The molecule has 0 aliphatic rings. The van der Waals surface area contributed by atoms with E-state index in [1.54, 1.807) is 6.33 Å². The molecule has 0 spiro atoms. The van der Waals surface area contributed by atoms with Crippen LogP contribution in [0.15, 0.2) is 29.0 Å². The molecule has 0 saturated carbocycles. The maximum absolute atomic E-state index is 5.71. The minimum atomic E-state index is 0.0129. The Morgan fingerprint density at radius 2 is 2.32 bits per heavy atom. The topological polar surface area (TPSA) is 68.8 Å². The first-order chi connectivity index (χ1) is 9.15. The van der Waals surface area contributed by atoms with Crippen LogP contribution < -0.4 is 11.3 Å². The predicted octanol–water partition coefficient (Wildman–Crippen LogP) is 2.41.